The van der Waals surface area contributed by atoms with Crippen molar-refractivity contribution in [3.8, 4) is 0 Å². The monoisotopic (exact) mass is 233 g/mol. The van der Waals surface area contributed by atoms with Gasteiger partial charge >= 0.3 is 0 Å². The summed E-state index contributed by atoms with van der Waals surface area (Å²) >= 11 is 2.04. The molecule has 0 aromatic rings. The lowest BCUT2D eigenvalue weighted by molar-refractivity contribution is 0.128. The molecule has 2 unspecified atom stereocenters. The zero-order valence-electron chi connectivity index (χ0n) is 10.7. The summed E-state index contributed by atoms with van der Waals surface area (Å²) in [7, 11) is 0. The van der Waals surface area contributed by atoms with Crippen LogP contribution >= 0.6 is 11.8 Å². The van der Waals surface area contributed by atoms with E-state index in [-0.39, 0.29) is 0 Å². The number of nitrogens with one attached hydrogen (secondary N) is 1. The van der Waals surface area contributed by atoms with Gasteiger partial charge in [-0.05, 0) is 26.3 Å². The highest BCUT2D eigenvalue weighted by atomic mass is 32.2. The Morgan fingerprint density at radius 2 is 2.00 bits per heavy atom. The van der Waals surface area contributed by atoms with E-state index in [2.05, 4.69) is 33.0 Å². The largest absolute Gasteiger partial charge is 0.380 e. The fourth-order valence-electron chi connectivity index (χ4n) is 1.17. The number of ether oxygens (including phenoxy) is 1. The Morgan fingerprint density at radius 3 is 2.53 bits per heavy atom. The van der Waals surface area contributed by atoms with Crippen molar-refractivity contribution < 1.29 is 4.74 Å². The summed E-state index contributed by atoms with van der Waals surface area (Å²) in [5.74, 6) is 1.16. The first-order valence-corrected chi connectivity index (χ1v) is 7.22. The molecule has 0 saturated carbocycles. The summed E-state index contributed by atoms with van der Waals surface area (Å²) in [6.07, 6.45) is 2.44. The van der Waals surface area contributed by atoms with Crippen LogP contribution < -0.4 is 5.32 Å². The SMILES string of the molecule is CCCNC(COCC)CSC(C)CC. The zero-order chi connectivity index (χ0) is 11.5. The molecule has 0 fully saturated rings. The molecule has 0 spiro atoms. The van der Waals surface area contributed by atoms with Crippen molar-refractivity contribution in [2.75, 3.05) is 25.5 Å². The first-order chi connectivity index (χ1) is 7.24. The molecular weight excluding hydrogens is 206 g/mol. The Kier molecular flexibility index (Phi) is 11.0. The second-order valence-corrected chi connectivity index (χ2v) is 5.33. The van der Waals surface area contributed by atoms with Crippen LogP contribution in [0.2, 0.25) is 0 Å². The van der Waals surface area contributed by atoms with Crippen LogP contribution in [-0.4, -0.2) is 36.8 Å². The van der Waals surface area contributed by atoms with Crippen molar-refractivity contribution in [3.63, 3.8) is 0 Å². The molecule has 0 saturated heterocycles. The fourth-order valence-corrected chi connectivity index (χ4v) is 2.18. The second kappa shape index (κ2) is 10.8. The van der Waals surface area contributed by atoms with E-state index >= 15 is 0 Å². The molecule has 0 aliphatic rings. The number of hydrogen-bond acceptors (Lipinski definition) is 3. The molecule has 2 atom stereocenters. The van der Waals surface area contributed by atoms with Crippen LogP contribution in [0.25, 0.3) is 0 Å². The first kappa shape index (κ1) is 15.3. The van der Waals surface area contributed by atoms with E-state index in [4.69, 9.17) is 4.74 Å². The summed E-state index contributed by atoms with van der Waals surface area (Å²) in [4.78, 5) is 0. The molecule has 0 aromatic carbocycles. The van der Waals surface area contributed by atoms with Gasteiger partial charge in [0.15, 0.2) is 0 Å². The molecule has 0 bridgehead atoms. The van der Waals surface area contributed by atoms with Gasteiger partial charge in [0.1, 0.15) is 0 Å². The van der Waals surface area contributed by atoms with Crippen molar-refractivity contribution in [3.05, 3.63) is 0 Å². The molecule has 0 aliphatic carbocycles. The zero-order valence-corrected chi connectivity index (χ0v) is 11.5. The van der Waals surface area contributed by atoms with Gasteiger partial charge in [-0.15, -0.1) is 0 Å². The minimum atomic E-state index is 0.517. The van der Waals surface area contributed by atoms with E-state index in [1.807, 2.05) is 11.8 Å². The van der Waals surface area contributed by atoms with E-state index in [1.165, 1.54) is 12.8 Å². The summed E-state index contributed by atoms with van der Waals surface area (Å²) in [6.45, 7) is 11.6. The average molecular weight is 233 g/mol. The molecule has 3 heteroatoms. The van der Waals surface area contributed by atoms with Gasteiger partial charge in [0.2, 0.25) is 0 Å². The van der Waals surface area contributed by atoms with Gasteiger partial charge in [0.05, 0.1) is 6.61 Å². The van der Waals surface area contributed by atoms with Gasteiger partial charge in [-0.1, -0.05) is 20.8 Å². The molecule has 1 N–H and O–H groups in total. The van der Waals surface area contributed by atoms with Gasteiger partial charge in [-0.2, -0.15) is 11.8 Å². The molecule has 0 rings (SSSR count). The predicted molar refractivity (Wildman–Crippen MR) is 70.8 cm³/mol. The summed E-state index contributed by atoms with van der Waals surface area (Å²) in [5.41, 5.74) is 0. The topological polar surface area (TPSA) is 21.3 Å². The fraction of sp³-hybridized carbons (Fsp3) is 1.00. The van der Waals surface area contributed by atoms with Crippen LogP contribution in [0.5, 0.6) is 0 Å². The minimum absolute atomic E-state index is 0.517. The molecule has 0 amide bonds. The predicted octanol–water partition coefficient (Wildman–Crippen LogP) is 2.92. The Bertz CT molecular complexity index is 125. The molecule has 0 radical (unpaired) electrons. The summed E-state index contributed by atoms with van der Waals surface area (Å²) in [6, 6.07) is 0.517. The lowest BCUT2D eigenvalue weighted by Gasteiger charge is -2.19. The van der Waals surface area contributed by atoms with Crippen LogP contribution in [0.3, 0.4) is 0 Å². The molecule has 0 aliphatic heterocycles. The van der Waals surface area contributed by atoms with Gasteiger partial charge < -0.3 is 10.1 Å². The van der Waals surface area contributed by atoms with Gasteiger partial charge in [-0.25, -0.2) is 0 Å². The number of thioether (sulfide) groups is 1. The Balaban J connectivity index is 3.67. The summed E-state index contributed by atoms with van der Waals surface area (Å²) in [5, 5.41) is 4.30. The van der Waals surface area contributed by atoms with Crippen molar-refractivity contribution in [1.82, 2.24) is 5.32 Å². The Hall–Kier alpha value is 0.270. The highest BCUT2D eigenvalue weighted by Crippen LogP contribution is 2.14. The Labute approximate surface area is 99.5 Å². The number of hydrogen-bond donors (Lipinski definition) is 1. The molecule has 0 heterocycles. The lowest BCUT2D eigenvalue weighted by atomic mass is 10.3. The van der Waals surface area contributed by atoms with E-state index in [0.717, 1.165) is 30.8 Å². The molecule has 2 nitrogen and oxygen atoms in total. The van der Waals surface area contributed by atoms with Gasteiger partial charge in [0, 0.05) is 23.7 Å². The van der Waals surface area contributed by atoms with Crippen LogP contribution in [0, 0.1) is 0 Å². The van der Waals surface area contributed by atoms with Crippen LogP contribution in [-0.2, 0) is 4.74 Å². The maximum absolute atomic E-state index is 5.48. The first-order valence-electron chi connectivity index (χ1n) is 6.17. The highest BCUT2D eigenvalue weighted by Gasteiger charge is 2.09. The van der Waals surface area contributed by atoms with Crippen molar-refractivity contribution in [2.24, 2.45) is 0 Å². The van der Waals surface area contributed by atoms with Crippen LogP contribution in [0.1, 0.15) is 40.5 Å². The quantitative estimate of drug-likeness (QED) is 0.627. The van der Waals surface area contributed by atoms with Crippen molar-refractivity contribution >= 4 is 11.8 Å². The third kappa shape index (κ3) is 9.21. The van der Waals surface area contributed by atoms with E-state index < -0.39 is 0 Å². The molecular formula is C12H27NOS. The maximum Gasteiger partial charge on any atom is 0.0627 e. The maximum atomic E-state index is 5.48. The lowest BCUT2D eigenvalue weighted by Crippen LogP contribution is -2.36. The normalized spacial score (nSPS) is 15.2. The van der Waals surface area contributed by atoms with Crippen molar-refractivity contribution in [1.29, 1.82) is 0 Å². The molecule has 92 valence electrons. The summed E-state index contributed by atoms with van der Waals surface area (Å²) < 4.78 is 5.48. The van der Waals surface area contributed by atoms with E-state index in [0.29, 0.717) is 6.04 Å². The highest BCUT2D eigenvalue weighted by molar-refractivity contribution is 7.99. The second-order valence-electron chi connectivity index (χ2n) is 3.86. The molecule has 15 heavy (non-hydrogen) atoms. The van der Waals surface area contributed by atoms with E-state index in [9.17, 15) is 0 Å². The Morgan fingerprint density at radius 1 is 1.27 bits per heavy atom. The third-order valence-electron chi connectivity index (χ3n) is 2.36. The third-order valence-corrected chi connectivity index (χ3v) is 3.86. The smallest absolute Gasteiger partial charge is 0.0627 e. The standard InChI is InChI=1S/C12H27NOS/c1-5-8-13-12(9-14-7-3)10-15-11(4)6-2/h11-13H,5-10H2,1-4H3. The van der Waals surface area contributed by atoms with Gasteiger partial charge in [-0.3, -0.25) is 0 Å². The van der Waals surface area contributed by atoms with Crippen molar-refractivity contribution in [2.45, 2.75) is 51.8 Å². The molecule has 0 aromatic heterocycles. The van der Waals surface area contributed by atoms with Crippen LogP contribution in [0.15, 0.2) is 0 Å². The van der Waals surface area contributed by atoms with Gasteiger partial charge in [0.25, 0.3) is 0 Å². The average Bonchev–Trinajstić information content (AvgIpc) is 2.27. The number of rotatable bonds is 10. The van der Waals surface area contributed by atoms with Crippen LogP contribution in [0.4, 0.5) is 0 Å². The minimum Gasteiger partial charge on any atom is -0.380 e. The van der Waals surface area contributed by atoms with E-state index in [1.54, 1.807) is 0 Å².